The molecule has 0 aromatic carbocycles. The Bertz CT molecular complexity index is 252. The SMILES string of the molecule is CCCCCCCCOCCCNC(=O)C1CCOCC1. The van der Waals surface area contributed by atoms with Crippen LogP contribution in [-0.4, -0.2) is 38.9 Å². The summed E-state index contributed by atoms with van der Waals surface area (Å²) in [5.41, 5.74) is 0. The van der Waals surface area contributed by atoms with E-state index in [2.05, 4.69) is 12.2 Å². The van der Waals surface area contributed by atoms with Crippen molar-refractivity contribution in [2.45, 2.75) is 64.7 Å². The molecule has 0 radical (unpaired) electrons. The van der Waals surface area contributed by atoms with Gasteiger partial charge in [-0.15, -0.1) is 0 Å². The summed E-state index contributed by atoms with van der Waals surface area (Å²) in [6.07, 6.45) is 10.4. The number of ether oxygens (including phenoxy) is 2. The van der Waals surface area contributed by atoms with E-state index in [-0.39, 0.29) is 11.8 Å². The molecular formula is C17H33NO3. The molecule has 1 aliphatic heterocycles. The highest BCUT2D eigenvalue weighted by Crippen LogP contribution is 2.14. The van der Waals surface area contributed by atoms with Crippen LogP contribution in [0.25, 0.3) is 0 Å². The van der Waals surface area contributed by atoms with E-state index in [0.29, 0.717) is 0 Å². The second kappa shape index (κ2) is 13.1. The van der Waals surface area contributed by atoms with E-state index in [4.69, 9.17) is 9.47 Å². The van der Waals surface area contributed by atoms with Gasteiger partial charge in [-0.1, -0.05) is 39.0 Å². The molecule has 0 spiro atoms. The van der Waals surface area contributed by atoms with E-state index in [9.17, 15) is 4.79 Å². The smallest absolute Gasteiger partial charge is 0.223 e. The van der Waals surface area contributed by atoms with Gasteiger partial charge in [-0.3, -0.25) is 4.79 Å². The molecule has 0 aromatic rings. The lowest BCUT2D eigenvalue weighted by Gasteiger charge is -2.21. The molecule has 0 bridgehead atoms. The monoisotopic (exact) mass is 299 g/mol. The maximum absolute atomic E-state index is 11.9. The van der Waals surface area contributed by atoms with Crippen LogP contribution in [0.2, 0.25) is 0 Å². The van der Waals surface area contributed by atoms with Gasteiger partial charge >= 0.3 is 0 Å². The van der Waals surface area contributed by atoms with Gasteiger partial charge in [0.1, 0.15) is 0 Å². The third kappa shape index (κ3) is 9.86. The van der Waals surface area contributed by atoms with Crippen molar-refractivity contribution in [2.75, 3.05) is 33.0 Å². The van der Waals surface area contributed by atoms with Crippen molar-refractivity contribution >= 4 is 5.91 Å². The van der Waals surface area contributed by atoms with E-state index in [1.54, 1.807) is 0 Å². The zero-order valence-electron chi connectivity index (χ0n) is 13.7. The fourth-order valence-corrected chi connectivity index (χ4v) is 2.58. The normalized spacial score (nSPS) is 16.0. The van der Waals surface area contributed by atoms with Crippen LogP contribution >= 0.6 is 0 Å². The van der Waals surface area contributed by atoms with Crippen molar-refractivity contribution in [3.63, 3.8) is 0 Å². The van der Waals surface area contributed by atoms with Crippen LogP contribution in [0.3, 0.4) is 0 Å². The van der Waals surface area contributed by atoms with Gasteiger partial charge in [-0.2, -0.15) is 0 Å². The first kappa shape index (κ1) is 18.4. The Kier molecular flexibility index (Phi) is 11.5. The number of nitrogens with one attached hydrogen (secondary N) is 1. The first-order valence-corrected chi connectivity index (χ1v) is 8.77. The van der Waals surface area contributed by atoms with Crippen molar-refractivity contribution in [1.29, 1.82) is 0 Å². The van der Waals surface area contributed by atoms with Crippen molar-refractivity contribution < 1.29 is 14.3 Å². The summed E-state index contributed by atoms with van der Waals surface area (Å²) < 4.78 is 10.9. The van der Waals surface area contributed by atoms with E-state index < -0.39 is 0 Å². The summed E-state index contributed by atoms with van der Waals surface area (Å²) >= 11 is 0. The Morgan fingerprint density at radius 3 is 2.48 bits per heavy atom. The minimum Gasteiger partial charge on any atom is -0.381 e. The first-order chi connectivity index (χ1) is 10.3. The number of rotatable bonds is 12. The number of carbonyl (C=O) groups excluding carboxylic acids is 1. The lowest BCUT2D eigenvalue weighted by atomic mass is 9.99. The highest BCUT2D eigenvalue weighted by molar-refractivity contribution is 5.78. The van der Waals surface area contributed by atoms with Gasteiger partial charge in [0.15, 0.2) is 0 Å². The average molecular weight is 299 g/mol. The number of carbonyl (C=O) groups is 1. The van der Waals surface area contributed by atoms with Gasteiger partial charge in [0.25, 0.3) is 0 Å². The van der Waals surface area contributed by atoms with E-state index in [1.807, 2.05) is 0 Å². The molecule has 0 saturated carbocycles. The Hall–Kier alpha value is -0.610. The fourth-order valence-electron chi connectivity index (χ4n) is 2.58. The Balaban J connectivity index is 1.80. The van der Waals surface area contributed by atoms with Crippen LogP contribution in [0.15, 0.2) is 0 Å². The van der Waals surface area contributed by atoms with Gasteiger partial charge in [-0.05, 0) is 25.7 Å². The predicted molar refractivity (Wildman–Crippen MR) is 85.4 cm³/mol. The van der Waals surface area contributed by atoms with Crippen molar-refractivity contribution in [3.8, 4) is 0 Å². The third-order valence-corrected chi connectivity index (χ3v) is 4.00. The quantitative estimate of drug-likeness (QED) is 0.562. The summed E-state index contributed by atoms with van der Waals surface area (Å²) in [4.78, 5) is 11.9. The molecule has 1 rings (SSSR count). The summed E-state index contributed by atoms with van der Waals surface area (Å²) in [7, 11) is 0. The van der Waals surface area contributed by atoms with Crippen LogP contribution in [-0.2, 0) is 14.3 Å². The number of amides is 1. The highest BCUT2D eigenvalue weighted by Gasteiger charge is 2.20. The molecule has 1 amide bonds. The predicted octanol–water partition coefficient (Wildman–Crippen LogP) is 3.30. The molecular weight excluding hydrogens is 266 g/mol. The summed E-state index contributed by atoms with van der Waals surface area (Å²) in [5, 5.41) is 3.00. The van der Waals surface area contributed by atoms with Gasteiger partial charge < -0.3 is 14.8 Å². The van der Waals surface area contributed by atoms with E-state index >= 15 is 0 Å². The maximum Gasteiger partial charge on any atom is 0.223 e. The number of hydrogen-bond acceptors (Lipinski definition) is 3. The van der Waals surface area contributed by atoms with Crippen molar-refractivity contribution in [3.05, 3.63) is 0 Å². The molecule has 0 unspecified atom stereocenters. The van der Waals surface area contributed by atoms with Crippen LogP contribution < -0.4 is 5.32 Å². The molecule has 21 heavy (non-hydrogen) atoms. The molecule has 0 aromatic heterocycles. The number of hydrogen-bond donors (Lipinski definition) is 1. The van der Waals surface area contributed by atoms with Gasteiger partial charge in [0, 0.05) is 38.9 Å². The van der Waals surface area contributed by atoms with E-state index in [1.165, 1.54) is 32.1 Å². The van der Waals surface area contributed by atoms with Crippen LogP contribution in [0, 0.1) is 5.92 Å². The third-order valence-electron chi connectivity index (χ3n) is 4.00. The molecule has 1 saturated heterocycles. The van der Waals surface area contributed by atoms with Crippen LogP contribution in [0.5, 0.6) is 0 Å². The molecule has 1 heterocycles. The maximum atomic E-state index is 11.9. The summed E-state index contributed by atoms with van der Waals surface area (Å²) in [5.74, 6) is 0.344. The Morgan fingerprint density at radius 2 is 1.71 bits per heavy atom. The first-order valence-electron chi connectivity index (χ1n) is 8.77. The molecule has 1 aliphatic rings. The molecule has 4 nitrogen and oxygen atoms in total. The highest BCUT2D eigenvalue weighted by atomic mass is 16.5. The lowest BCUT2D eigenvalue weighted by Crippen LogP contribution is -2.35. The standard InChI is InChI=1S/C17H33NO3/c1-2-3-4-5-6-7-12-20-13-8-11-18-17(19)16-9-14-21-15-10-16/h16H,2-15H2,1H3,(H,18,19). The van der Waals surface area contributed by atoms with Gasteiger partial charge in [0.2, 0.25) is 5.91 Å². The molecule has 1 N–H and O–H groups in total. The summed E-state index contributed by atoms with van der Waals surface area (Å²) in [6, 6.07) is 0. The molecule has 124 valence electrons. The molecule has 1 fully saturated rings. The largest absolute Gasteiger partial charge is 0.381 e. The fraction of sp³-hybridized carbons (Fsp3) is 0.941. The molecule has 4 heteroatoms. The van der Waals surface area contributed by atoms with Gasteiger partial charge in [0.05, 0.1) is 0 Å². The van der Waals surface area contributed by atoms with Crippen LogP contribution in [0.4, 0.5) is 0 Å². The average Bonchev–Trinajstić information content (AvgIpc) is 2.53. The second-order valence-electron chi connectivity index (χ2n) is 5.91. The Morgan fingerprint density at radius 1 is 1.05 bits per heavy atom. The van der Waals surface area contributed by atoms with Crippen molar-refractivity contribution in [1.82, 2.24) is 5.32 Å². The van der Waals surface area contributed by atoms with E-state index in [0.717, 1.165) is 58.7 Å². The number of unbranched alkanes of at least 4 members (excludes halogenated alkanes) is 5. The molecule has 0 aliphatic carbocycles. The topological polar surface area (TPSA) is 47.6 Å². The zero-order chi connectivity index (χ0) is 15.2. The summed E-state index contributed by atoms with van der Waals surface area (Å²) in [6.45, 7) is 6.03. The minimum atomic E-state index is 0.155. The second-order valence-corrected chi connectivity index (χ2v) is 5.91. The van der Waals surface area contributed by atoms with Gasteiger partial charge in [-0.25, -0.2) is 0 Å². The molecule has 0 atom stereocenters. The zero-order valence-corrected chi connectivity index (χ0v) is 13.7. The Labute approximate surface area is 130 Å². The lowest BCUT2D eigenvalue weighted by molar-refractivity contribution is -0.127. The van der Waals surface area contributed by atoms with Crippen molar-refractivity contribution in [2.24, 2.45) is 5.92 Å². The van der Waals surface area contributed by atoms with Crippen LogP contribution in [0.1, 0.15) is 64.7 Å². The minimum absolute atomic E-state index is 0.155.